The van der Waals surface area contributed by atoms with Gasteiger partial charge in [0, 0.05) is 35.9 Å². The molecule has 0 saturated heterocycles. The lowest BCUT2D eigenvalue weighted by atomic mass is 10.0. The summed E-state index contributed by atoms with van der Waals surface area (Å²) >= 11 is 0. The van der Waals surface area contributed by atoms with Gasteiger partial charge in [-0.25, -0.2) is 4.98 Å². The van der Waals surface area contributed by atoms with Gasteiger partial charge in [-0.1, -0.05) is 45.2 Å². The predicted octanol–water partition coefficient (Wildman–Crippen LogP) is 6.12. The van der Waals surface area contributed by atoms with E-state index in [4.69, 9.17) is 4.74 Å². The van der Waals surface area contributed by atoms with E-state index in [0.717, 1.165) is 45.3 Å². The summed E-state index contributed by atoms with van der Waals surface area (Å²) in [5, 5.41) is 3.24. The van der Waals surface area contributed by atoms with Crippen LogP contribution < -0.4 is 10.2 Å². The average molecular weight is 380 g/mol. The molecule has 1 N–H and O–H groups in total. The maximum atomic E-state index is 5.16. The van der Waals surface area contributed by atoms with Gasteiger partial charge in [-0.2, -0.15) is 0 Å². The third-order valence-corrected chi connectivity index (χ3v) is 4.24. The first-order valence-electron chi connectivity index (χ1n) is 9.47. The second-order valence-corrected chi connectivity index (χ2v) is 6.29. The van der Waals surface area contributed by atoms with Crippen molar-refractivity contribution in [1.82, 2.24) is 10.3 Å². The van der Waals surface area contributed by atoms with Gasteiger partial charge < -0.3 is 15.0 Å². The fourth-order valence-corrected chi connectivity index (χ4v) is 2.70. The number of rotatable bonds is 7. The molecule has 1 aromatic carbocycles. The maximum Gasteiger partial charge on any atom is 0.132 e. The molecule has 0 spiro atoms. The van der Waals surface area contributed by atoms with E-state index in [1.165, 1.54) is 0 Å². The molecule has 0 fully saturated rings. The van der Waals surface area contributed by atoms with E-state index in [1.54, 1.807) is 7.11 Å². The molecule has 0 amide bonds. The van der Waals surface area contributed by atoms with Crippen molar-refractivity contribution in [2.24, 2.45) is 0 Å². The third-order valence-electron chi connectivity index (χ3n) is 4.24. The fraction of sp³-hybridized carbons (Fsp3) is 0.292. The lowest BCUT2D eigenvalue weighted by Gasteiger charge is -2.23. The van der Waals surface area contributed by atoms with E-state index in [9.17, 15) is 0 Å². The number of pyridine rings is 1. The molecular formula is C24H33N3O. The Morgan fingerprint density at radius 2 is 1.82 bits per heavy atom. The highest BCUT2D eigenvalue weighted by atomic mass is 16.5. The molecule has 150 valence electrons. The van der Waals surface area contributed by atoms with Crippen LogP contribution >= 0.6 is 0 Å². The number of methoxy groups -OCH3 is 1. The van der Waals surface area contributed by atoms with E-state index in [2.05, 4.69) is 47.4 Å². The van der Waals surface area contributed by atoms with Crippen molar-refractivity contribution in [3.8, 4) is 0 Å². The second-order valence-electron chi connectivity index (χ2n) is 6.29. The van der Waals surface area contributed by atoms with Crippen molar-refractivity contribution in [3.05, 3.63) is 83.9 Å². The fourth-order valence-electron chi connectivity index (χ4n) is 2.70. The Kier molecular flexibility index (Phi) is 9.03. The summed E-state index contributed by atoms with van der Waals surface area (Å²) in [6.07, 6.45) is 3.71. The normalized spacial score (nSPS) is 10.5. The van der Waals surface area contributed by atoms with Crippen LogP contribution in [-0.2, 0) is 4.74 Å². The van der Waals surface area contributed by atoms with E-state index in [1.807, 2.05) is 65.2 Å². The molecule has 4 nitrogen and oxygen atoms in total. The quantitative estimate of drug-likeness (QED) is 0.465. The predicted molar refractivity (Wildman–Crippen MR) is 122 cm³/mol. The van der Waals surface area contributed by atoms with E-state index in [0.29, 0.717) is 0 Å². The molecule has 0 atom stereocenters. The molecule has 2 aromatic rings. The van der Waals surface area contributed by atoms with Crippen LogP contribution in [0.15, 0.2) is 67.2 Å². The Bertz CT molecular complexity index is 835. The van der Waals surface area contributed by atoms with Crippen molar-refractivity contribution >= 4 is 17.2 Å². The minimum absolute atomic E-state index is 0.729. The molecule has 4 heteroatoms. The topological polar surface area (TPSA) is 37.4 Å². The number of nitrogens with zero attached hydrogens (tertiary/aromatic N) is 2. The standard InChI is InChI=1S/C22H27N3O.C2H6/c1-15-11-12-22(23-14-15)25(6)21-10-8-9-20(18(21)4)19(5)24-16(2)13-17(3)26-7;1-2/h8-14,24H,2,5H2,1,3-4,6-7H3;1-2H3/b17-13+;. The average Bonchev–Trinajstić information content (AvgIpc) is 2.69. The lowest BCUT2D eigenvalue weighted by Crippen LogP contribution is -2.15. The molecule has 1 aromatic heterocycles. The highest BCUT2D eigenvalue weighted by molar-refractivity contribution is 5.74. The van der Waals surface area contributed by atoms with Crippen molar-refractivity contribution in [3.63, 3.8) is 0 Å². The lowest BCUT2D eigenvalue weighted by molar-refractivity contribution is 0.293. The van der Waals surface area contributed by atoms with Crippen LogP contribution in [-0.4, -0.2) is 19.1 Å². The molecule has 1 heterocycles. The molecule has 0 saturated carbocycles. The second kappa shape index (κ2) is 11.0. The Morgan fingerprint density at radius 3 is 2.39 bits per heavy atom. The Labute approximate surface area is 170 Å². The monoisotopic (exact) mass is 379 g/mol. The molecule has 0 unspecified atom stereocenters. The first-order chi connectivity index (χ1) is 13.3. The van der Waals surface area contributed by atoms with Crippen LogP contribution in [0.5, 0.6) is 0 Å². The molecule has 0 aliphatic heterocycles. The van der Waals surface area contributed by atoms with Crippen LogP contribution in [0.4, 0.5) is 11.5 Å². The number of ether oxygens (including phenoxy) is 1. The number of aromatic nitrogens is 1. The Balaban J connectivity index is 0.00000190. The smallest absolute Gasteiger partial charge is 0.132 e. The zero-order valence-electron chi connectivity index (χ0n) is 18.3. The summed E-state index contributed by atoms with van der Waals surface area (Å²) in [6.45, 7) is 18.2. The summed E-state index contributed by atoms with van der Waals surface area (Å²) in [4.78, 5) is 6.59. The summed E-state index contributed by atoms with van der Waals surface area (Å²) in [6, 6.07) is 10.2. The van der Waals surface area contributed by atoms with Crippen molar-refractivity contribution in [2.75, 3.05) is 19.1 Å². The number of allylic oxidation sites excluding steroid dienone is 2. The van der Waals surface area contributed by atoms with E-state index < -0.39 is 0 Å². The highest BCUT2D eigenvalue weighted by Crippen LogP contribution is 2.30. The molecule has 0 aliphatic carbocycles. The third kappa shape index (κ3) is 6.02. The minimum Gasteiger partial charge on any atom is -0.501 e. The zero-order valence-corrected chi connectivity index (χ0v) is 18.3. The van der Waals surface area contributed by atoms with Crippen LogP contribution in [0.25, 0.3) is 5.70 Å². The van der Waals surface area contributed by atoms with Gasteiger partial charge in [0.25, 0.3) is 0 Å². The summed E-state index contributed by atoms with van der Waals surface area (Å²) in [5.74, 6) is 1.68. The van der Waals surface area contributed by atoms with Crippen LogP contribution in [0.3, 0.4) is 0 Å². The van der Waals surface area contributed by atoms with Crippen molar-refractivity contribution in [2.45, 2.75) is 34.6 Å². The molecule has 2 rings (SSSR count). The zero-order chi connectivity index (χ0) is 21.3. The van der Waals surface area contributed by atoms with Gasteiger partial charge in [-0.3, -0.25) is 0 Å². The van der Waals surface area contributed by atoms with E-state index in [-0.39, 0.29) is 0 Å². The summed E-state index contributed by atoms with van der Waals surface area (Å²) in [5.41, 5.74) is 5.90. The van der Waals surface area contributed by atoms with Gasteiger partial charge in [0.15, 0.2) is 0 Å². The molecule has 0 radical (unpaired) electrons. The highest BCUT2D eigenvalue weighted by Gasteiger charge is 2.12. The summed E-state index contributed by atoms with van der Waals surface area (Å²) < 4.78 is 5.16. The first kappa shape index (κ1) is 23.0. The minimum atomic E-state index is 0.729. The van der Waals surface area contributed by atoms with Gasteiger partial charge in [0.05, 0.1) is 12.9 Å². The van der Waals surface area contributed by atoms with Gasteiger partial charge in [-0.15, -0.1) is 0 Å². The SMILES string of the molecule is C=C(/C=C(\C)OC)NC(=C)c1cccc(N(C)c2ccc(C)cn2)c1C.CC. The number of hydrogen-bond acceptors (Lipinski definition) is 4. The molecular weight excluding hydrogens is 346 g/mol. The first-order valence-corrected chi connectivity index (χ1v) is 9.47. The number of hydrogen-bond donors (Lipinski definition) is 1. The van der Waals surface area contributed by atoms with Crippen molar-refractivity contribution < 1.29 is 4.74 Å². The molecule has 0 aliphatic rings. The molecule has 28 heavy (non-hydrogen) atoms. The number of anilines is 2. The van der Waals surface area contributed by atoms with Gasteiger partial charge in [0.2, 0.25) is 0 Å². The van der Waals surface area contributed by atoms with E-state index >= 15 is 0 Å². The van der Waals surface area contributed by atoms with Gasteiger partial charge in [0.1, 0.15) is 5.82 Å². The van der Waals surface area contributed by atoms with Gasteiger partial charge in [-0.05, 0) is 50.1 Å². The van der Waals surface area contributed by atoms with Crippen LogP contribution in [0.2, 0.25) is 0 Å². The number of nitrogens with one attached hydrogen (secondary N) is 1. The van der Waals surface area contributed by atoms with Gasteiger partial charge >= 0.3 is 0 Å². The Hall–Kier alpha value is -3.01. The Morgan fingerprint density at radius 1 is 1.14 bits per heavy atom. The largest absolute Gasteiger partial charge is 0.501 e. The van der Waals surface area contributed by atoms with Crippen molar-refractivity contribution in [1.29, 1.82) is 0 Å². The number of aryl methyl sites for hydroxylation is 1. The molecule has 0 bridgehead atoms. The van der Waals surface area contributed by atoms with Crippen LogP contribution in [0, 0.1) is 13.8 Å². The maximum absolute atomic E-state index is 5.16. The van der Waals surface area contributed by atoms with Crippen LogP contribution in [0.1, 0.15) is 37.5 Å². The number of benzene rings is 1. The summed E-state index contributed by atoms with van der Waals surface area (Å²) in [7, 11) is 3.65.